The Hall–Kier alpha value is -3.42. The summed E-state index contributed by atoms with van der Waals surface area (Å²) >= 11 is 7.73. The van der Waals surface area contributed by atoms with Crippen molar-refractivity contribution in [3.05, 3.63) is 107 Å². The molecule has 35 heavy (non-hydrogen) atoms. The molecular weight excluding hydrogens is 480 g/mol. The first-order chi connectivity index (χ1) is 17.0. The van der Waals surface area contributed by atoms with Gasteiger partial charge in [0, 0.05) is 23.0 Å². The van der Waals surface area contributed by atoms with Crippen LogP contribution in [0, 0.1) is 6.92 Å². The summed E-state index contributed by atoms with van der Waals surface area (Å²) in [6.45, 7) is 4.47. The smallest absolute Gasteiger partial charge is 0.325 e. The molecule has 0 saturated heterocycles. The van der Waals surface area contributed by atoms with Gasteiger partial charge in [0.25, 0.3) is 0 Å². The van der Waals surface area contributed by atoms with Crippen molar-refractivity contribution in [2.24, 2.45) is 0 Å². The van der Waals surface area contributed by atoms with Crippen molar-refractivity contribution in [3.63, 3.8) is 0 Å². The van der Waals surface area contributed by atoms with Gasteiger partial charge in [-0.25, -0.2) is 9.78 Å². The molecule has 2 amide bonds. The number of hydrogen-bond donors (Lipinski definition) is 2. The molecule has 1 atom stereocenters. The number of halogens is 1. The van der Waals surface area contributed by atoms with Crippen LogP contribution in [0.25, 0.3) is 5.69 Å². The van der Waals surface area contributed by atoms with Crippen LogP contribution in [-0.4, -0.2) is 22.2 Å². The standard InChI is InChI=1S/C27H27ClN4O2S/c1-3-34-24-14-13-21(18-22(24)28)32-16-15-29-26(32)23(17-20-10-5-4-6-11-20)30-27(33)31-35-25-12-8-7-9-19(25)2/h4-16,18,23H,3,17H2,1-2H3,(H2,30,31,33). The molecule has 6 nitrogen and oxygen atoms in total. The average molecular weight is 507 g/mol. The van der Waals surface area contributed by atoms with Crippen LogP contribution in [-0.2, 0) is 6.42 Å². The summed E-state index contributed by atoms with van der Waals surface area (Å²) in [7, 11) is 0. The van der Waals surface area contributed by atoms with E-state index in [-0.39, 0.29) is 12.1 Å². The van der Waals surface area contributed by atoms with Crippen molar-refractivity contribution in [1.29, 1.82) is 0 Å². The molecule has 0 aliphatic rings. The number of urea groups is 1. The summed E-state index contributed by atoms with van der Waals surface area (Å²) in [6, 6.07) is 22.9. The normalized spacial score (nSPS) is 11.6. The molecular formula is C27H27ClN4O2S. The van der Waals surface area contributed by atoms with Crippen LogP contribution in [0.15, 0.2) is 90.1 Å². The van der Waals surface area contributed by atoms with Crippen molar-refractivity contribution < 1.29 is 9.53 Å². The maximum Gasteiger partial charge on any atom is 0.325 e. The second-order valence-corrected chi connectivity index (χ2v) is 9.14. The minimum absolute atomic E-state index is 0.293. The van der Waals surface area contributed by atoms with Gasteiger partial charge in [-0.3, -0.25) is 4.72 Å². The van der Waals surface area contributed by atoms with Crippen LogP contribution in [0.2, 0.25) is 5.02 Å². The number of imidazole rings is 1. The number of hydrogen-bond acceptors (Lipinski definition) is 4. The number of ether oxygens (including phenoxy) is 1. The number of nitrogens with one attached hydrogen (secondary N) is 2. The summed E-state index contributed by atoms with van der Waals surface area (Å²) in [6.07, 6.45) is 4.16. The van der Waals surface area contributed by atoms with Gasteiger partial charge in [0.2, 0.25) is 0 Å². The largest absolute Gasteiger partial charge is 0.492 e. The van der Waals surface area contributed by atoms with Gasteiger partial charge in [-0.15, -0.1) is 0 Å². The first-order valence-electron chi connectivity index (χ1n) is 11.3. The number of benzene rings is 3. The number of nitrogens with zero attached hydrogens (tertiary/aromatic N) is 2. The third-order valence-corrected chi connectivity index (χ3v) is 6.67. The zero-order valence-corrected chi connectivity index (χ0v) is 21.1. The first-order valence-corrected chi connectivity index (χ1v) is 12.5. The monoisotopic (exact) mass is 506 g/mol. The van der Waals surface area contributed by atoms with E-state index < -0.39 is 0 Å². The maximum atomic E-state index is 12.9. The molecule has 0 saturated carbocycles. The van der Waals surface area contributed by atoms with Gasteiger partial charge in [0.05, 0.1) is 17.7 Å². The average Bonchev–Trinajstić information content (AvgIpc) is 3.35. The Kier molecular flexibility index (Phi) is 8.34. The lowest BCUT2D eigenvalue weighted by atomic mass is 10.1. The Balaban J connectivity index is 1.58. The molecule has 1 unspecified atom stereocenters. The van der Waals surface area contributed by atoms with Gasteiger partial charge in [-0.2, -0.15) is 0 Å². The van der Waals surface area contributed by atoms with E-state index >= 15 is 0 Å². The Morgan fingerprint density at radius 1 is 1.11 bits per heavy atom. The van der Waals surface area contributed by atoms with Gasteiger partial charge in [0.1, 0.15) is 11.6 Å². The number of aromatic nitrogens is 2. The molecule has 1 aromatic heterocycles. The van der Waals surface area contributed by atoms with Gasteiger partial charge in [-0.1, -0.05) is 60.1 Å². The molecule has 0 bridgehead atoms. The molecule has 0 aliphatic carbocycles. The summed E-state index contributed by atoms with van der Waals surface area (Å²) < 4.78 is 10.4. The quantitative estimate of drug-likeness (QED) is 0.253. The Bertz CT molecular complexity index is 1280. The van der Waals surface area contributed by atoms with Crippen LogP contribution in [0.5, 0.6) is 5.75 Å². The highest BCUT2D eigenvalue weighted by Crippen LogP contribution is 2.29. The molecule has 2 N–H and O–H groups in total. The topological polar surface area (TPSA) is 68.2 Å². The zero-order valence-electron chi connectivity index (χ0n) is 19.6. The minimum Gasteiger partial charge on any atom is -0.492 e. The van der Waals surface area contributed by atoms with Gasteiger partial charge in [-0.05, 0) is 67.6 Å². The van der Waals surface area contributed by atoms with Gasteiger partial charge >= 0.3 is 6.03 Å². The highest BCUT2D eigenvalue weighted by atomic mass is 35.5. The zero-order chi connectivity index (χ0) is 24.6. The molecule has 0 radical (unpaired) electrons. The summed E-state index contributed by atoms with van der Waals surface area (Å²) in [5, 5.41) is 3.62. The molecule has 180 valence electrons. The third-order valence-electron chi connectivity index (χ3n) is 5.41. The molecule has 4 aromatic rings. The van der Waals surface area contributed by atoms with E-state index in [0.29, 0.717) is 29.6 Å². The molecule has 8 heteroatoms. The van der Waals surface area contributed by atoms with Gasteiger partial charge < -0.3 is 14.6 Å². The maximum absolute atomic E-state index is 12.9. The number of amides is 2. The van der Waals surface area contributed by atoms with Crippen LogP contribution < -0.4 is 14.8 Å². The van der Waals surface area contributed by atoms with Crippen molar-refractivity contribution >= 4 is 29.6 Å². The number of rotatable bonds is 9. The van der Waals surface area contributed by atoms with E-state index in [0.717, 1.165) is 21.7 Å². The lowest BCUT2D eigenvalue weighted by Crippen LogP contribution is -2.36. The van der Waals surface area contributed by atoms with Crippen molar-refractivity contribution in [1.82, 2.24) is 19.6 Å². The minimum atomic E-state index is -0.379. The second-order valence-electron chi connectivity index (χ2n) is 7.89. The van der Waals surface area contributed by atoms with Crippen molar-refractivity contribution in [2.45, 2.75) is 31.2 Å². The fourth-order valence-electron chi connectivity index (χ4n) is 3.72. The van der Waals surface area contributed by atoms with E-state index in [2.05, 4.69) is 15.0 Å². The first kappa shape index (κ1) is 24.7. The van der Waals surface area contributed by atoms with Crippen LogP contribution >= 0.6 is 23.5 Å². The SMILES string of the molecule is CCOc1ccc(-n2ccnc2C(Cc2ccccc2)NC(=O)NSc2ccccc2C)cc1Cl. The molecule has 0 aliphatic heterocycles. The third kappa shape index (κ3) is 6.38. The van der Waals surface area contributed by atoms with Crippen molar-refractivity contribution in [3.8, 4) is 11.4 Å². The number of carbonyl (C=O) groups excluding carboxylic acids is 1. The lowest BCUT2D eigenvalue weighted by molar-refractivity contribution is 0.242. The van der Waals surface area contributed by atoms with E-state index in [1.807, 2.05) is 97.4 Å². The predicted molar refractivity (Wildman–Crippen MR) is 141 cm³/mol. The molecule has 0 spiro atoms. The molecule has 3 aromatic carbocycles. The Labute approximate surface area is 214 Å². The molecule has 1 heterocycles. The van der Waals surface area contributed by atoms with Crippen LogP contribution in [0.1, 0.15) is 29.9 Å². The molecule has 0 fully saturated rings. The highest BCUT2D eigenvalue weighted by Gasteiger charge is 2.21. The van der Waals surface area contributed by atoms with E-state index in [9.17, 15) is 4.79 Å². The predicted octanol–water partition coefficient (Wildman–Crippen LogP) is 6.52. The Morgan fingerprint density at radius 2 is 1.89 bits per heavy atom. The fraction of sp³-hybridized carbons (Fsp3) is 0.185. The van der Waals surface area contributed by atoms with E-state index in [1.165, 1.54) is 11.9 Å². The van der Waals surface area contributed by atoms with E-state index in [4.69, 9.17) is 16.3 Å². The lowest BCUT2D eigenvalue weighted by Gasteiger charge is -2.21. The van der Waals surface area contributed by atoms with Crippen LogP contribution in [0.4, 0.5) is 4.79 Å². The van der Waals surface area contributed by atoms with Gasteiger partial charge in [0.15, 0.2) is 0 Å². The molecule has 4 rings (SSSR count). The summed E-state index contributed by atoms with van der Waals surface area (Å²) in [4.78, 5) is 18.5. The summed E-state index contributed by atoms with van der Waals surface area (Å²) in [5.41, 5.74) is 3.02. The number of carbonyl (C=O) groups is 1. The fourth-order valence-corrected chi connectivity index (χ4v) is 4.59. The van der Waals surface area contributed by atoms with Crippen molar-refractivity contribution in [2.75, 3.05) is 6.61 Å². The van der Waals surface area contributed by atoms with Crippen LogP contribution in [0.3, 0.4) is 0 Å². The summed E-state index contributed by atoms with van der Waals surface area (Å²) in [5.74, 6) is 1.33. The second kappa shape index (κ2) is 11.8. The number of aryl methyl sites for hydroxylation is 1. The van der Waals surface area contributed by atoms with E-state index in [1.54, 1.807) is 6.20 Å². The Morgan fingerprint density at radius 3 is 2.63 bits per heavy atom. The highest BCUT2D eigenvalue weighted by molar-refractivity contribution is 7.98.